The predicted molar refractivity (Wildman–Crippen MR) is 75.8 cm³/mol. The molecule has 0 radical (unpaired) electrons. The van der Waals surface area contributed by atoms with Crippen LogP contribution in [0.5, 0.6) is 0 Å². The molecule has 0 aromatic carbocycles. The normalized spacial score (nSPS) is 14.8. The number of fused-ring (bicyclic) bond motifs is 1. The molecule has 3 heterocycles. The Balaban J connectivity index is 1.57. The Kier molecular flexibility index (Phi) is 2.49. The SMILES string of the molecule is O=C(c1ccn(Cc2cn3ccccc3n2)c1)C1CC1. The van der Waals surface area contributed by atoms with E-state index in [2.05, 4.69) is 4.98 Å². The first-order valence-electron chi connectivity index (χ1n) is 6.92. The van der Waals surface area contributed by atoms with Crippen molar-refractivity contribution in [2.45, 2.75) is 19.4 Å². The van der Waals surface area contributed by atoms with Crippen molar-refractivity contribution in [1.82, 2.24) is 14.0 Å². The smallest absolute Gasteiger partial charge is 0.167 e. The van der Waals surface area contributed by atoms with E-state index in [-0.39, 0.29) is 5.92 Å². The second kappa shape index (κ2) is 4.34. The monoisotopic (exact) mass is 265 g/mol. The molecule has 1 aliphatic carbocycles. The van der Waals surface area contributed by atoms with Crippen molar-refractivity contribution in [3.63, 3.8) is 0 Å². The Labute approximate surface area is 116 Å². The Morgan fingerprint density at radius 2 is 2.10 bits per heavy atom. The Hall–Kier alpha value is -2.36. The van der Waals surface area contributed by atoms with Gasteiger partial charge in [-0.05, 0) is 31.0 Å². The van der Waals surface area contributed by atoms with E-state index in [1.54, 1.807) is 0 Å². The van der Waals surface area contributed by atoms with Crippen LogP contribution in [-0.4, -0.2) is 19.7 Å². The second-order valence-electron chi connectivity index (χ2n) is 5.41. The van der Waals surface area contributed by atoms with Gasteiger partial charge in [0.2, 0.25) is 0 Å². The number of rotatable bonds is 4. The summed E-state index contributed by atoms with van der Waals surface area (Å²) in [4.78, 5) is 16.5. The van der Waals surface area contributed by atoms with Crippen LogP contribution in [0.2, 0.25) is 0 Å². The zero-order valence-electron chi connectivity index (χ0n) is 11.1. The molecule has 0 atom stereocenters. The molecule has 1 aliphatic rings. The van der Waals surface area contributed by atoms with Gasteiger partial charge < -0.3 is 8.97 Å². The van der Waals surface area contributed by atoms with Gasteiger partial charge in [-0.2, -0.15) is 0 Å². The highest BCUT2D eigenvalue weighted by Crippen LogP contribution is 2.32. The van der Waals surface area contributed by atoms with Gasteiger partial charge in [0.05, 0.1) is 12.2 Å². The van der Waals surface area contributed by atoms with Gasteiger partial charge in [0, 0.05) is 36.3 Å². The molecule has 0 saturated heterocycles. The van der Waals surface area contributed by atoms with Crippen LogP contribution < -0.4 is 0 Å². The maximum Gasteiger partial charge on any atom is 0.167 e. The van der Waals surface area contributed by atoms with Crippen molar-refractivity contribution in [3.8, 4) is 0 Å². The summed E-state index contributed by atoms with van der Waals surface area (Å²) in [5.74, 6) is 0.569. The number of imidazole rings is 1. The zero-order chi connectivity index (χ0) is 13.5. The number of Topliss-reactive ketones (excluding diaryl/α,β-unsaturated/α-hetero) is 1. The van der Waals surface area contributed by atoms with Crippen LogP contribution in [-0.2, 0) is 6.54 Å². The topological polar surface area (TPSA) is 39.3 Å². The van der Waals surface area contributed by atoms with E-state index < -0.39 is 0 Å². The number of carbonyl (C=O) groups excluding carboxylic acids is 1. The molecule has 20 heavy (non-hydrogen) atoms. The van der Waals surface area contributed by atoms with E-state index in [4.69, 9.17) is 0 Å². The van der Waals surface area contributed by atoms with E-state index in [9.17, 15) is 4.79 Å². The summed E-state index contributed by atoms with van der Waals surface area (Å²) < 4.78 is 4.03. The second-order valence-corrected chi connectivity index (χ2v) is 5.41. The summed E-state index contributed by atoms with van der Waals surface area (Å²) >= 11 is 0. The number of ketones is 1. The third-order valence-electron chi connectivity index (χ3n) is 3.74. The quantitative estimate of drug-likeness (QED) is 0.680. The Bertz CT molecular complexity index is 747. The van der Waals surface area contributed by atoms with Gasteiger partial charge in [-0.25, -0.2) is 4.98 Å². The van der Waals surface area contributed by atoms with Crippen molar-refractivity contribution < 1.29 is 4.79 Å². The fraction of sp³-hybridized carbons (Fsp3) is 0.250. The van der Waals surface area contributed by atoms with Gasteiger partial charge in [0.15, 0.2) is 5.78 Å². The molecule has 3 aromatic rings. The summed E-state index contributed by atoms with van der Waals surface area (Å²) in [5, 5.41) is 0. The molecule has 1 saturated carbocycles. The molecule has 100 valence electrons. The van der Waals surface area contributed by atoms with Crippen molar-refractivity contribution in [2.24, 2.45) is 5.92 Å². The molecule has 3 aromatic heterocycles. The minimum atomic E-state index is 0.279. The van der Waals surface area contributed by atoms with Gasteiger partial charge in [-0.1, -0.05) is 6.07 Å². The number of hydrogen-bond donors (Lipinski definition) is 0. The average Bonchev–Trinajstić information content (AvgIpc) is 3.07. The van der Waals surface area contributed by atoms with Crippen LogP contribution in [0, 0.1) is 5.92 Å². The lowest BCUT2D eigenvalue weighted by molar-refractivity contribution is 0.0967. The van der Waals surface area contributed by atoms with Crippen molar-refractivity contribution in [3.05, 3.63) is 60.3 Å². The molecule has 0 spiro atoms. The molecule has 0 unspecified atom stereocenters. The van der Waals surface area contributed by atoms with Crippen LogP contribution in [0.15, 0.2) is 49.1 Å². The van der Waals surface area contributed by atoms with E-state index in [0.717, 1.165) is 29.7 Å². The maximum absolute atomic E-state index is 12.0. The summed E-state index contributed by atoms with van der Waals surface area (Å²) in [6, 6.07) is 7.87. The molecule has 4 nitrogen and oxygen atoms in total. The summed E-state index contributed by atoms with van der Waals surface area (Å²) in [6.45, 7) is 0.694. The zero-order valence-corrected chi connectivity index (χ0v) is 11.1. The standard InChI is InChI=1S/C16H15N3O/c20-16(12-4-5-12)13-6-8-18(9-13)10-14-11-19-7-2-1-3-15(19)17-14/h1-3,6-9,11-12H,4-5,10H2. The van der Waals surface area contributed by atoms with Crippen molar-refractivity contribution >= 4 is 11.4 Å². The third-order valence-corrected chi connectivity index (χ3v) is 3.74. The molecule has 0 aliphatic heterocycles. The Morgan fingerprint density at radius 3 is 2.90 bits per heavy atom. The minimum absolute atomic E-state index is 0.279. The van der Waals surface area contributed by atoms with E-state index >= 15 is 0 Å². The predicted octanol–water partition coefficient (Wildman–Crippen LogP) is 2.78. The molecule has 0 N–H and O–H groups in total. The van der Waals surface area contributed by atoms with Crippen LogP contribution in [0.1, 0.15) is 28.9 Å². The van der Waals surface area contributed by atoms with Gasteiger partial charge in [0.1, 0.15) is 5.65 Å². The van der Waals surface area contributed by atoms with E-state index in [1.165, 1.54) is 0 Å². The highest BCUT2D eigenvalue weighted by molar-refractivity contribution is 5.99. The molecule has 0 amide bonds. The minimum Gasteiger partial charge on any atom is -0.348 e. The van der Waals surface area contributed by atoms with Gasteiger partial charge in [0.25, 0.3) is 0 Å². The fourth-order valence-electron chi connectivity index (χ4n) is 2.52. The number of hydrogen-bond acceptors (Lipinski definition) is 2. The maximum atomic E-state index is 12.0. The van der Waals surface area contributed by atoms with Gasteiger partial charge >= 0.3 is 0 Å². The first kappa shape index (κ1) is 11.5. The lowest BCUT2D eigenvalue weighted by atomic mass is 10.1. The average molecular weight is 265 g/mol. The molecule has 4 heteroatoms. The summed E-state index contributed by atoms with van der Waals surface area (Å²) in [7, 11) is 0. The lowest BCUT2D eigenvalue weighted by Crippen LogP contribution is -2.01. The lowest BCUT2D eigenvalue weighted by Gasteiger charge is -1.98. The van der Waals surface area contributed by atoms with Crippen LogP contribution >= 0.6 is 0 Å². The summed E-state index contributed by atoms with van der Waals surface area (Å²) in [5.41, 5.74) is 2.78. The van der Waals surface area contributed by atoms with Crippen molar-refractivity contribution in [2.75, 3.05) is 0 Å². The Morgan fingerprint density at radius 1 is 1.20 bits per heavy atom. The molecular weight excluding hydrogens is 250 g/mol. The third kappa shape index (κ3) is 2.03. The number of nitrogens with zero attached hydrogens (tertiary/aromatic N) is 3. The van der Waals surface area contributed by atoms with Crippen LogP contribution in [0.3, 0.4) is 0 Å². The summed E-state index contributed by atoms with van der Waals surface area (Å²) in [6.07, 6.45) is 10.0. The highest BCUT2D eigenvalue weighted by atomic mass is 16.1. The van der Waals surface area contributed by atoms with Crippen molar-refractivity contribution in [1.29, 1.82) is 0 Å². The van der Waals surface area contributed by atoms with E-state index in [1.807, 2.05) is 58.0 Å². The largest absolute Gasteiger partial charge is 0.348 e. The molecule has 4 rings (SSSR count). The first-order chi connectivity index (χ1) is 9.79. The fourth-order valence-corrected chi connectivity index (χ4v) is 2.52. The van der Waals surface area contributed by atoms with Crippen LogP contribution in [0.4, 0.5) is 0 Å². The molecule has 1 fully saturated rings. The van der Waals surface area contributed by atoms with Gasteiger partial charge in [-0.3, -0.25) is 4.79 Å². The number of pyridine rings is 1. The van der Waals surface area contributed by atoms with Gasteiger partial charge in [-0.15, -0.1) is 0 Å². The first-order valence-corrected chi connectivity index (χ1v) is 6.92. The number of carbonyl (C=O) groups is 1. The molecule has 0 bridgehead atoms. The highest BCUT2D eigenvalue weighted by Gasteiger charge is 2.30. The number of aromatic nitrogens is 3. The van der Waals surface area contributed by atoms with E-state index in [0.29, 0.717) is 12.3 Å². The molecular formula is C16H15N3O. The van der Waals surface area contributed by atoms with Crippen LogP contribution in [0.25, 0.3) is 5.65 Å².